The van der Waals surface area contributed by atoms with Gasteiger partial charge in [-0.2, -0.15) is 5.10 Å². The second-order valence-electron chi connectivity index (χ2n) is 8.44. The van der Waals surface area contributed by atoms with E-state index in [0.29, 0.717) is 39.6 Å². The first-order valence-electron chi connectivity index (χ1n) is 10.6. The van der Waals surface area contributed by atoms with Crippen LogP contribution in [0.5, 0.6) is 0 Å². The van der Waals surface area contributed by atoms with Gasteiger partial charge in [0.05, 0.1) is 17.1 Å². The van der Waals surface area contributed by atoms with Crippen LogP contribution in [0.3, 0.4) is 0 Å². The molecular formula is C24H19F2N5O2. The van der Waals surface area contributed by atoms with Gasteiger partial charge in [-0.3, -0.25) is 9.36 Å². The third kappa shape index (κ3) is 3.03. The van der Waals surface area contributed by atoms with Crippen LogP contribution in [0.2, 0.25) is 0 Å². The molecule has 0 radical (unpaired) electrons. The molecule has 0 bridgehead atoms. The van der Waals surface area contributed by atoms with Crippen LogP contribution in [0.1, 0.15) is 18.4 Å². The molecule has 33 heavy (non-hydrogen) atoms. The third-order valence-electron chi connectivity index (χ3n) is 6.10. The number of pyridine rings is 1. The van der Waals surface area contributed by atoms with Crippen LogP contribution in [0.15, 0.2) is 51.9 Å². The average molecular weight is 447 g/mol. The quantitative estimate of drug-likeness (QED) is 0.432. The zero-order chi connectivity index (χ0) is 22.9. The van der Waals surface area contributed by atoms with Crippen molar-refractivity contribution in [3.05, 3.63) is 70.1 Å². The Morgan fingerprint density at radius 2 is 1.97 bits per heavy atom. The van der Waals surface area contributed by atoms with Crippen LogP contribution in [-0.2, 0) is 7.05 Å². The number of nitrogens with zero attached hydrogens (tertiary/aromatic N) is 4. The highest BCUT2D eigenvalue weighted by Gasteiger charge is 2.25. The van der Waals surface area contributed by atoms with E-state index in [2.05, 4.69) is 15.6 Å². The molecule has 2 aromatic carbocycles. The lowest BCUT2D eigenvalue weighted by atomic mass is 9.98. The zero-order valence-electron chi connectivity index (χ0n) is 17.9. The Morgan fingerprint density at radius 3 is 2.76 bits per heavy atom. The molecule has 0 amide bonds. The molecule has 9 heteroatoms. The van der Waals surface area contributed by atoms with Crippen molar-refractivity contribution in [2.75, 3.05) is 5.32 Å². The van der Waals surface area contributed by atoms with E-state index in [1.165, 1.54) is 15.4 Å². The van der Waals surface area contributed by atoms with Gasteiger partial charge in [0.2, 0.25) is 0 Å². The first-order valence-corrected chi connectivity index (χ1v) is 10.6. The molecule has 6 rings (SSSR count). The number of hydrogen-bond donors (Lipinski definition) is 1. The van der Waals surface area contributed by atoms with Crippen LogP contribution in [0, 0.1) is 18.6 Å². The molecule has 3 heterocycles. The molecule has 1 saturated carbocycles. The topological polar surface area (TPSA) is 77.9 Å². The molecule has 166 valence electrons. The summed E-state index contributed by atoms with van der Waals surface area (Å²) in [6.07, 6.45) is 3.72. The molecule has 1 N–H and O–H groups in total. The Kier molecular flexibility index (Phi) is 4.17. The predicted molar refractivity (Wildman–Crippen MR) is 121 cm³/mol. The number of nitrogens with one attached hydrogen (secondary N) is 1. The van der Waals surface area contributed by atoms with E-state index in [9.17, 15) is 13.6 Å². The van der Waals surface area contributed by atoms with Crippen LogP contribution in [0.25, 0.3) is 38.8 Å². The van der Waals surface area contributed by atoms with Crippen LogP contribution in [-0.4, -0.2) is 25.5 Å². The van der Waals surface area contributed by atoms with Crippen molar-refractivity contribution in [2.45, 2.75) is 25.8 Å². The molecule has 0 spiro atoms. The summed E-state index contributed by atoms with van der Waals surface area (Å²) in [5.41, 5.74) is 2.42. The van der Waals surface area contributed by atoms with Crippen molar-refractivity contribution in [1.29, 1.82) is 0 Å². The van der Waals surface area contributed by atoms with E-state index in [1.807, 2.05) is 19.1 Å². The molecular weight excluding hydrogens is 428 g/mol. The number of anilines is 1. The Hall–Kier alpha value is -4.01. The molecule has 1 aliphatic rings. The summed E-state index contributed by atoms with van der Waals surface area (Å²) in [7, 11) is 1.58. The van der Waals surface area contributed by atoms with Crippen LogP contribution >= 0.6 is 0 Å². The van der Waals surface area contributed by atoms with Crippen LogP contribution < -0.4 is 10.9 Å². The summed E-state index contributed by atoms with van der Waals surface area (Å²) >= 11 is 0. The summed E-state index contributed by atoms with van der Waals surface area (Å²) in [5, 5.41) is 13.2. The van der Waals surface area contributed by atoms with Gasteiger partial charge < -0.3 is 9.84 Å². The lowest BCUT2D eigenvalue weighted by molar-refractivity contribution is 0.460. The van der Waals surface area contributed by atoms with Gasteiger partial charge in [-0.05, 0) is 49.6 Å². The summed E-state index contributed by atoms with van der Waals surface area (Å²) in [6, 6.07) is 9.10. The van der Waals surface area contributed by atoms with E-state index >= 15 is 0 Å². The minimum Gasteiger partial charge on any atom is -0.364 e. The highest BCUT2D eigenvalue weighted by atomic mass is 19.1. The Labute approximate surface area is 186 Å². The fraction of sp³-hybridized carbons (Fsp3) is 0.208. The van der Waals surface area contributed by atoms with E-state index in [4.69, 9.17) is 4.52 Å². The number of fused-ring (bicyclic) bond motifs is 2. The van der Waals surface area contributed by atoms with Crippen molar-refractivity contribution >= 4 is 27.8 Å². The molecule has 0 unspecified atom stereocenters. The monoisotopic (exact) mass is 447 g/mol. The third-order valence-corrected chi connectivity index (χ3v) is 6.10. The normalized spacial score (nSPS) is 13.8. The van der Waals surface area contributed by atoms with Gasteiger partial charge in [0.15, 0.2) is 11.4 Å². The largest absolute Gasteiger partial charge is 0.364 e. The van der Waals surface area contributed by atoms with Crippen molar-refractivity contribution < 1.29 is 13.3 Å². The molecule has 1 aliphatic carbocycles. The number of aromatic nitrogens is 4. The standard InChI is InChI=1S/C24H19F2N5O2/c1-12-3-7-16-21(33-29-22(16)28-15-5-6-15)20(12)17-9-13-11-27-31(23(13)30(2)24(17)32)19-10-14(25)4-8-18(19)26/h3-4,7-11,15H,5-6H2,1-2H3,(H,28,29). The second-order valence-corrected chi connectivity index (χ2v) is 8.44. The number of benzene rings is 2. The second kappa shape index (κ2) is 6.99. The van der Waals surface area contributed by atoms with Gasteiger partial charge in [-0.25, -0.2) is 13.5 Å². The summed E-state index contributed by atoms with van der Waals surface area (Å²) < 4.78 is 36.5. The minimum absolute atomic E-state index is 0.0722. The van der Waals surface area contributed by atoms with Gasteiger partial charge in [0.1, 0.15) is 23.0 Å². The SMILES string of the molecule is Cc1ccc2c(NC3CC3)noc2c1-c1cc2cnn(-c3cc(F)ccc3F)c2n(C)c1=O. The first kappa shape index (κ1) is 19.7. The highest BCUT2D eigenvalue weighted by Crippen LogP contribution is 2.36. The lowest BCUT2D eigenvalue weighted by Gasteiger charge is -2.11. The van der Waals surface area contributed by atoms with Crippen molar-refractivity contribution in [1.82, 2.24) is 19.5 Å². The molecule has 3 aromatic heterocycles. The van der Waals surface area contributed by atoms with Crippen LogP contribution in [0.4, 0.5) is 14.6 Å². The number of rotatable bonds is 4. The zero-order valence-corrected chi connectivity index (χ0v) is 17.9. The summed E-state index contributed by atoms with van der Waals surface area (Å²) in [4.78, 5) is 13.5. The fourth-order valence-electron chi connectivity index (χ4n) is 4.25. The molecule has 0 aliphatic heterocycles. The summed E-state index contributed by atoms with van der Waals surface area (Å²) in [5.74, 6) is -0.572. The molecule has 1 fully saturated rings. The van der Waals surface area contributed by atoms with Gasteiger partial charge in [-0.1, -0.05) is 11.2 Å². The van der Waals surface area contributed by atoms with Gasteiger partial charge in [0.25, 0.3) is 5.56 Å². The first-order chi connectivity index (χ1) is 15.9. The molecule has 7 nitrogen and oxygen atoms in total. The maximum Gasteiger partial charge on any atom is 0.259 e. The Bertz CT molecular complexity index is 1630. The molecule has 0 atom stereocenters. The number of hydrogen-bond acceptors (Lipinski definition) is 5. The summed E-state index contributed by atoms with van der Waals surface area (Å²) in [6.45, 7) is 1.90. The van der Waals surface area contributed by atoms with E-state index in [1.54, 1.807) is 13.1 Å². The minimum atomic E-state index is -0.643. The van der Waals surface area contributed by atoms with Gasteiger partial charge in [-0.15, -0.1) is 0 Å². The maximum atomic E-state index is 14.4. The van der Waals surface area contributed by atoms with E-state index in [0.717, 1.165) is 42.0 Å². The van der Waals surface area contributed by atoms with E-state index < -0.39 is 11.6 Å². The lowest BCUT2D eigenvalue weighted by Crippen LogP contribution is -2.21. The fourth-order valence-corrected chi connectivity index (χ4v) is 4.25. The number of aryl methyl sites for hydroxylation is 2. The van der Waals surface area contributed by atoms with Gasteiger partial charge in [0, 0.05) is 30.1 Å². The Balaban J connectivity index is 1.58. The number of halogens is 2. The van der Waals surface area contributed by atoms with Crippen molar-refractivity contribution in [2.24, 2.45) is 7.05 Å². The molecule has 5 aromatic rings. The Morgan fingerprint density at radius 1 is 1.15 bits per heavy atom. The predicted octanol–water partition coefficient (Wildman–Crippen LogP) is 4.69. The van der Waals surface area contributed by atoms with Crippen molar-refractivity contribution in [3.8, 4) is 16.8 Å². The average Bonchev–Trinajstić information content (AvgIpc) is 3.37. The molecule has 0 saturated heterocycles. The van der Waals surface area contributed by atoms with E-state index in [-0.39, 0.29) is 11.2 Å². The van der Waals surface area contributed by atoms with Crippen molar-refractivity contribution in [3.63, 3.8) is 0 Å². The maximum absolute atomic E-state index is 14.4. The van der Waals surface area contributed by atoms with Gasteiger partial charge >= 0.3 is 0 Å². The smallest absolute Gasteiger partial charge is 0.259 e. The highest BCUT2D eigenvalue weighted by molar-refractivity contribution is 6.00.